The zero-order chi connectivity index (χ0) is 18.8. The zero-order valence-electron chi connectivity index (χ0n) is 15.0. The van der Waals surface area contributed by atoms with Gasteiger partial charge in [0.05, 0.1) is 7.11 Å². The quantitative estimate of drug-likeness (QED) is 0.699. The van der Waals surface area contributed by atoms with Gasteiger partial charge in [0.1, 0.15) is 6.61 Å². The van der Waals surface area contributed by atoms with Crippen molar-refractivity contribution in [2.24, 2.45) is 0 Å². The van der Waals surface area contributed by atoms with Gasteiger partial charge < -0.3 is 19.5 Å². The van der Waals surface area contributed by atoms with Gasteiger partial charge in [-0.05, 0) is 23.3 Å². The van der Waals surface area contributed by atoms with Crippen molar-refractivity contribution in [2.45, 2.75) is 26.5 Å². The average molecular weight is 357 g/mol. The molecule has 2 aromatic carbocycles. The topological polar surface area (TPSA) is 73.9 Å². The third-order valence-electron chi connectivity index (χ3n) is 3.61. The standard InChI is InChI=1S/C20H23NO5/c1-3-20(23)26-14-19(22)21-12-16-9-10-17(18(11-16)24-2)25-13-15-7-5-4-6-8-15/h4-11H,3,12-14H2,1-2H3,(H,21,22). The second-order valence-electron chi connectivity index (χ2n) is 5.55. The average Bonchev–Trinajstić information content (AvgIpc) is 2.69. The molecular weight excluding hydrogens is 334 g/mol. The minimum atomic E-state index is -0.401. The molecule has 0 aliphatic heterocycles. The summed E-state index contributed by atoms with van der Waals surface area (Å²) >= 11 is 0. The highest BCUT2D eigenvalue weighted by atomic mass is 16.5. The zero-order valence-corrected chi connectivity index (χ0v) is 15.0. The lowest BCUT2D eigenvalue weighted by atomic mass is 10.2. The van der Waals surface area contributed by atoms with Gasteiger partial charge in [-0.2, -0.15) is 0 Å². The van der Waals surface area contributed by atoms with E-state index in [-0.39, 0.29) is 18.9 Å². The molecule has 0 atom stereocenters. The number of carbonyl (C=O) groups is 2. The van der Waals surface area contributed by atoms with Crippen molar-refractivity contribution in [3.05, 3.63) is 59.7 Å². The molecule has 0 heterocycles. The van der Waals surface area contributed by atoms with Crippen molar-refractivity contribution in [3.8, 4) is 11.5 Å². The van der Waals surface area contributed by atoms with E-state index >= 15 is 0 Å². The third-order valence-corrected chi connectivity index (χ3v) is 3.61. The minimum absolute atomic E-state index is 0.245. The molecule has 6 nitrogen and oxygen atoms in total. The van der Waals surface area contributed by atoms with Gasteiger partial charge in [-0.3, -0.25) is 9.59 Å². The Balaban J connectivity index is 1.89. The molecule has 0 aliphatic carbocycles. The van der Waals surface area contributed by atoms with Gasteiger partial charge in [-0.25, -0.2) is 0 Å². The summed E-state index contributed by atoms with van der Waals surface area (Å²) < 4.78 is 16.0. The Morgan fingerprint density at radius 2 is 1.77 bits per heavy atom. The fourth-order valence-corrected chi connectivity index (χ4v) is 2.18. The van der Waals surface area contributed by atoms with Gasteiger partial charge in [0.25, 0.3) is 5.91 Å². The van der Waals surface area contributed by atoms with Crippen molar-refractivity contribution < 1.29 is 23.8 Å². The van der Waals surface area contributed by atoms with Gasteiger partial charge in [0.2, 0.25) is 0 Å². The molecule has 6 heteroatoms. The Morgan fingerprint density at radius 3 is 2.46 bits per heavy atom. The van der Waals surface area contributed by atoms with E-state index < -0.39 is 5.97 Å². The fraction of sp³-hybridized carbons (Fsp3) is 0.300. The van der Waals surface area contributed by atoms with E-state index in [1.165, 1.54) is 0 Å². The molecule has 2 aromatic rings. The van der Waals surface area contributed by atoms with Crippen LogP contribution >= 0.6 is 0 Å². The van der Waals surface area contributed by atoms with E-state index in [4.69, 9.17) is 14.2 Å². The van der Waals surface area contributed by atoms with Crippen LogP contribution in [0.4, 0.5) is 0 Å². The molecular formula is C20H23NO5. The monoisotopic (exact) mass is 357 g/mol. The predicted molar refractivity (Wildman–Crippen MR) is 96.9 cm³/mol. The maximum atomic E-state index is 11.7. The Bertz CT molecular complexity index is 730. The number of carbonyl (C=O) groups excluding carboxylic acids is 2. The number of ether oxygens (including phenoxy) is 3. The molecule has 138 valence electrons. The van der Waals surface area contributed by atoms with Crippen molar-refractivity contribution in [1.82, 2.24) is 5.32 Å². The molecule has 0 spiro atoms. The molecule has 26 heavy (non-hydrogen) atoms. The number of rotatable bonds is 9. The van der Waals surface area contributed by atoms with E-state index in [0.717, 1.165) is 11.1 Å². The van der Waals surface area contributed by atoms with Crippen molar-refractivity contribution in [2.75, 3.05) is 13.7 Å². The maximum Gasteiger partial charge on any atom is 0.306 e. The van der Waals surface area contributed by atoms with Gasteiger partial charge in [0, 0.05) is 13.0 Å². The van der Waals surface area contributed by atoms with Gasteiger partial charge >= 0.3 is 5.97 Å². The van der Waals surface area contributed by atoms with E-state index in [0.29, 0.717) is 24.7 Å². The number of benzene rings is 2. The number of hydrogen-bond donors (Lipinski definition) is 1. The molecule has 0 aliphatic rings. The van der Waals surface area contributed by atoms with Crippen LogP contribution in [0.5, 0.6) is 11.5 Å². The van der Waals surface area contributed by atoms with Crippen LogP contribution in [-0.2, 0) is 27.5 Å². The van der Waals surface area contributed by atoms with Crippen LogP contribution in [-0.4, -0.2) is 25.6 Å². The fourth-order valence-electron chi connectivity index (χ4n) is 2.18. The maximum absolute atomic E-state index is 11.7. The number of amides is 1. The molecule has 2 rings (SSSR count). The Hall–Kier alpha value is -3.02. The van der Waals surface area contributed by atoms with Crippen LogP contribution < -0.4 is 14.8 Å². The van der Waals surface area contributed by atoms with Gasteiger partial charge in [-0.1, -0.05) is 43.3 Å². The first kappa shape index (κ1) is 19.3. The van der Waals surface area contributed by atoms with Gasteiger partial charge in [0.15, 0.2) is 18.1 Å². The molecule has 0 radical (unpaired) electrons. The highest BCUT2D eigenvalue weighted by Crippen LogP contribution is 2.28. The minimum Gasteiger partial charge on any atom is -0.493 e. The molecule has 0 saturated heterocycles. The largest absolute Gasteiger partial charge is 0.493 e. The summed E-state index contributed by atoms with van der Waals surface area (Å²) in [5.74, 6) is 0.463. The lowest BCUT2D eigenvalue weighted by Crippen LogP contribution is -2.28. The second-order valence-corrected chi connectivity index (χ2v) is 5.55. The first-order chi connectivity index (χ1) is 12.6. The molecule has 0 unspecified atom stereocenters. The summed E-state index contributed by atoms with van der Waals surface area (Å²) in [6.07, 6.45) is 0.245. The third kappa shape index (κ3) is 6.12. The Kier molecular flexibility index (Phi) is 7.49. The normalized spacial score (nSPS) is 10.1. The summed E-state index contributed by atoms with van der Waals surface area (Å²) in [6.45, 7) is 2.14. The number of hydrogen-bond acceptors (Lipinski definition) is 5. The van der Waals surface area contributed by atoms with Crippen LogP contribution in [0.25, 0.3) is 0 Å². The van der Waals surface area contributed by atoms with E-state index in [9.17, 15) is 9.59 Å². The summed E-state index contributed by atoms with van der Waals surface area (Å²) in [5.41, 5.74) is 1.91. The lowest BCUT2D eigenvalue weighted by Gasteiger charge is -2.13. The van der Waals surface area contributed by atoms with Crippen LogP contribution in [0.3, 0.4) is 0 Å². The lowest BCUT2D eigenvalue weighted by molar-refractivity contribution is -0.148. The van der Waals surface area contributed by atoms with Gasteiger partial charge in [-0.15, -0.1) is 0 Å². The van der Waals surface area contributed by atoms with Crippen LogP contribution in [0.2, 0.25) is 0 Å². The highest BCUT2D eigenvalue weighted by molar-refractivity contribution is 5.80. The van der Waals surface area contributed by atoms with E-state index in [1.807, 2.05) is 36.4 Å². The van der Waals surface area contributed by atoms with Crippen molar-refractivity contribution in [3.63, 3.8) is 0 Å². The van der Waals surface area contributed by atoms with Crippen LogP contribution in [0.1, 0.15) is 24.5 Å². The molecule has 1 N–H and O–H groups in total. The van der Waals surface area contributed by atoms with E-state index in [2.05, 4.69) is 5.32 Å². The second kappa shape index (κ2) is 10.1. The van der Waals surface area contributed by atoms with Crippen molar-refractivity contribution >= 4 is 11.9 Å². The Labute approximate surface area is 153 Å². The number of esters is 1. The summed E-state index contributed by atoms with van der Waals surface area (Å²) in [5, 5.41) is 2.69. The first-order valence-corrected chi connectivity index (χ1v) is 8.38. The molecule has 1 amide bonds. The summed E-state index contributed by atoms with van der Waals surface area (Å²) in [6, 6.07) is 15.3. The first-order valence-electron chi connectivity index (χ1n) is 8.38. The molecule has 0 bridgehead atoms. The number of nitrogens with one attached hydrogen (secondary N) is 1. The van der Waals surface area contributed by atoms with Crippen LogP contribution in [0, 0.1) is 0 Å². The molecule has 0 aromatic heterocycles. The smallest absolute Gasteiger partial charge is 0.306 e. The Morgan fingerprint density at radius 1 is 1.00 bits per heavy atom. The highest BCUT2D eigenvalue weighted by Gasteiger charge is 2.09. The molecule has 0 saturated carbocycles. The van der Waals surface area contributed by atoms with E-state index in [1.54, 1.807) is 26.2 Å². The SMILES string of the molecule is CCC(=O)OCC(=O)NCc1ccc(OCc2ccccc2)c(OC)c1. The summed E-state index contributed by atoms with van der Waals surface area (Å²) in [7, 11) is 1.57. The molecule has 0 fully saturated rings. The predicted octanol–water partition coefficient (Wildman–Crippen LogP) is 2.84. The summed E-state index contributed by atoms with van der Waals surface area (Å²) in [4.78, 5) is 22.7. The van der Waals surface area contributed by atoms with Crippen LogP contribution in [0.15, 0.2) is 48.5 Å². The van der Waals surface area contributed by atoms with Crippen molar-refractivity contribution in [1.29, 1.82) is 0 Å². The number of methoxy groups -OCH3 is 1.